The lowest BCUT2D eigenvalue weighted by molar-refractivity contribution is -0.172. The number of likely N-dealkylation sites (tertiary alicyclic amines) is 2. The molecule has 0 bridgehead atoms. The van der Waals surface area contributed by atoms with Crippen LogP contribution in [0.4, 0.5) is 0 Å². The molecule has 34 heavy (non-hydrogen) atoms. The smallest absolute Gasteiger partial charge is 0.317 e. The van der Waals surface area contributed by atoms with Crippen LogP contribution in [0.15, 0.2) is 60.7 Å². The van der Waals surface area contributed by atoms with E-state index >= 15 is 0 Å². The molecule has 0 atom stereocenters. The summed E-state index contributed by atoms with van der Waals surface area (Å²) in [6, 6.07) is 20.1. The first-order valence-electron chi connectivity index (χ1n) is 11.6. The van der Waals surface area contributed by atoms with Crippen molar-refractivity contribution in [1.29, 1.82) is 0 Å². The first-order chi connectivity index (χ1) is 16.4. The summed E-state index contributed by atoms with van der Waals surface area (Å²) in [5.74, 6) is -0.684. The highest BCUT2D eigenvalue weighted by Gasteiger charge is 2.50. The van der Waals surface area contributed by atoms with Crippen LogP contribution in [0.2, 0.25) is 0 Å². The van der Waals surface area contributed by atoms with E-state index in [0.29, 0.717) is 32.8 Å². The van der Waals surface area contributed by atoms with E-state index in [2.05, 4.69) is 21.9 Å². The minimum Gasteiger partial charge on any atom is -0.465 e. The van der Waals surface area contributed by atoms with Crippen molar-refractivity contribution in [3.63, 3.8) is 0 Å². The van der Waals surface area contributed by atoms with Crippen molar-refractivity contribution >= 4 is 11.9 Å². The summed E-state index contributed by atoms with van der Waals surface area (Å²) in [5.41, 5.74) is 6.28. The van der Waals surface area contributed by atoms with Gasteiger partial charge in [-0.15, -0.1) is 0 Å². The number of nitrogens with zero attached hydrogens (tertiary/aromatic N) is 2. The summed E-state index contributed by atoms with van der Waals surface area (Å²) in [6.45, 7) is 5.68. The van der Waals surface area contributed by atoms with E-state index in [-0.39, 0.29) is 19.2 Å². The average molecular weight is 470 g/mol. The monoisotopic (exact) mass is 469 g/mol. The third-order valence-electron chi connectivity index (χ3n) is 6.44. The van der Waals surface area contributed by atoms with Gasteiger partial charge in [0.25, 0.3) is 0 Å². The number of aliphatic hydroxyl groups excluding tert-OH is 2. The van der Waals surface area contributed by atoms with Crippen LogP contribution in [0.1, 0.15) is 18.1 Å². The van der Waals surface area contributed by atoms with Gasteiger partial charge in [0.15, 0.2) is 0 Å². The molecule has 2 aromatic rings. The molecule has 0 aromatic heterocycles. The van der Waals surface area contributed by atoms with Crippen molar-refractivity contribution in [3.05, 3.63) is 71.8 Å². The van der Waals surface area contributed by atoms with Crippen LogP contribution < -0.4 is 5.73 Å². The van der Waals surface area contributed by atoms with Gasteiger partial charge in [0.1, 0.15) is 5.41 Å². The van der Waals surface area contributed by atoms with Crippen LogP contribution in [-0.4, -0.2) is 77.9 Å². The molecule has 0 aliphatic carbocycles. The zero-order chi connectivity index (χ0) is 24.6. The van der Waals surface area contributed by atoms with Crippen LogP contribution in [0, 0.1) is 10.8 Å². The second-order valence-corrected chi connectivity index (χ2v) is 9.22. The van der Waals surface area contributed by atoms with E-state index in [0.717, 1.165) is 13.1 Å². The average Bonchev–Trinajstić information content (AvgIpc) is 2.80. The Kier molecular flexibility index (Phi) is 8.79. The number of aliphatic hydroxyl groups is 2. The van der Waals surface area contributed by atoms with Crippen molar-refractivity contribution in [2.24, 2.45) is 16.6 Å². The van der Waals surface area contributed by atoms with Crippen molar-refractivity contribution in [1.82, 2.24) is 9.80 Å². The van der Waals surface area contributed by atoms with Gasteiger partial charge in [0.05, 0.1) is 25.2 Å². The van der Waals surface area contributed by atoms with Gasteiger partial charge >= 0.3 is 5.97 Å². The van der Waals surface area contributed by atoms with E-state index in [9.17, 15) is 14.7 Å². The molecule has 8 heteroatoms. The molecule has 8 nitrogen and oxygen atoms in total. The van der Waals surface area contributed by atoms with Crippen LogP contribution in [0.5, 0.6) is 0 Å². The van der Waals surface area contributed by atoms with Gasteiger partial charge in [0.2, 0.25) is 5.91 Å². The third kappa shape index (κ3) is 6.01. The normalized spacial score (nSPS) is 18.6. The second-order valence-electron chi connectivity index (χ2n) is 9.22. The molecule has 0 spiro atoms. The highest BCUT2D eigenvalue weighted by molar-refractivity contribution is 5.82. The molecule has 2 aromatic carbocycles. The standard InChI is InChI=1S/C14H19NO3.C12H16N2O2/c1-2-18-13(17)14(11-16)9-15(10-14)8-12-6-4-3-5-7-12;13-11(16)12(9-15)7-14(8-12)6-10-4-2-1-3-5-10/h3-7,16H,2,8-11H2,1H3;1-5,15H,6-9H2,(H2,13,16). The predicted octanol–water partition coefficient (Wildman–Crippen LogP) is 1.01. The van der Waals surface area contributed by atoms with E-state index < -0.39 is 16.7 Å². The summed E-state index contributed by atoms with van der Waals surface area (Å²) in [7, 11) is 0. The van der Waals surface area contributed by atoms with Crippen LogP contribution in [0.3, 0.4) is 0 Å². The fourth-order valence-corrected chi connectivity index (χ4v) is 4.44. The SMILES string of the molecule is CCOC(=O)C1(CO)CN(Cc2ccccc2)C1.NC(=O)C1(CO)CN(Cc2ccccc2)C1. The van der Waals surface area contributed by atoms with Gasteiger partial charge in [-0.1, -0.05) is 60.7 Å². The van der Waals surface area contributed by atoms with Gasteiger partial charge in [0, 0.05) is 39.3 Å². The van der Waals surface area contributed by atoms with Crippen LogP contribution in [0.25, 0.3) is 0 Å². The fourth-order valence-electron chi connectivity index (χ4n) is 4.44. The molecular weight excluding hydrogens is 434 g/mol. The molecule has 4 N–H and O–H groups in total. The molecule has 2 aliphatic heterocycles. The summed E-state index contributed by atoms with van der Waals surface area (Å²) in [6.07, 6.45) is 0. The minimum atomic E-state index is -0.714. The minimum absolute atomic E-state index is 0.142. The molecule has 2 aliphatic rings. The predicted molar refractivity (Wildman–Crippen MR) is 128 cm³/mol. The Balaban J connectivity index is 0.000000192. The highest BCUT2D eigenvalue weighted by Crippen LogP contribution is 2.33. The van der Waals surface area contributed by atoms with Crippen molar-refractivity contribution in [2.75, 3.05) is 46.0 Å². The van der Waals surface area contributed by atoms with Crippen molar-refractivity contribution in [2.45, 2.75) is 20.0 Å². The molecule has 4 rings (SSSR count). The first kappa shape index (κ1) is 25.8. The fraction of sp³-hybridized carbons (Fsp3) is 0.462. The van der Waals surface area contributed by atoms with Gasteiger partial charge in [-0.25, -0.2) is 0 Å². The number of carbonyl (C=O) groups is 2. The number of rotatable bonds is 9. The summed E-state index contributed by atoms with van der Waals surface area (Å²) in [4.78, 5) is 27.2. The van der Waals surface area contributed by atoms with E-state index in [1.54, 1.807) is 6.92 Å². The van der Waals surface area contributed by atoms with E-state index in [1.165, 1.54) is 11.1 Å². The number of ether oxygens (including phenoxy) is 1. The first-order valence-corrected chi connectivity index (χ1v) is 11.6. The van der Waals surface area contributed by atoms with Gasteiger partial charge in [-0.05, 0) is 18.1 Å². The molecule has 2 saturated heterocycles. The lowest BCUT2D eigenvalue weighted by Gasteiger charge is -2.47. The maximum absolute atomic E-state index is 11.8. The number of esters is 1. The van der Waals surface area contributed by atoms with Crippen molar-refractivity contribution in [3.8, 4) is 0 Å². The number of nitrogens with two attached hydrogens (primary N) is 1. The molecule has 0 unspecified atom stereocenters. The van der Waals surface area contributed by atoms with Gasteiger partial charge in [-0.2, -0.15) is 0 Å². The third-order valence-corrected chi connectivity index (χ3v) is 6.44. The quantitative estimate of drug-likeness (QED) is 0.470. The van der Waals surface area contributed by atoms with E-state index in [1.807, 2.05) is 48.5 Å². The number of benzene rings is 2. The lowest BCUT2D eigenvalue weighted by atomic mass is 9.79. The molecule has 184 valence electrons. The number of carbonyl (C=O) groups excluding carboxylic acids is 2. The van der Waals surface area contributed by atoms with Gasteiger partial charge in [-0.3, -0.25) is 19.4 Å². The zero-order valence-corrected chi connectivity index (χ0v) is 19.7. The Morgan fingerprint density at radius 2 is 1.24 bits per heavy atom. The summed E-state index contributed by atoms with van der Waals surface area (Å²) < 4.78 is 5.01. The second kappa shape index (κ2) is 11.6. The number of hydrogen-bond acceptors (Lipinski definition) is 7. The molecule has 1 amide bonds. The Hall–Kier alpha value is -2.78. The Morgan fingerprint density at radius 1 is 0.824 bits per heavy atom. The molecule has 0 saturated carbocycles. The Morgan fingerprint density at radius 3 is 1.59 bits per heavy atom. The van der Waals surface area contributed by atoms with Crippen LogP contribution >= 0.6 is 0 Å². The summed E-state index contributed by atoms with van der Waals surface area (Å²) in [5, 5.41) is 18.6. The molecule has 2 heterocycles. The maximum Gasteiger partial charge on any atom is 0.317 e. The Bertz CT molecular complexity index is 926. The van der Waals surface area contributed by atoms with E-state index in [4.69, 9.17) is 15.6 Å². The molecular formula is C26H35N3O5. The molecule has 2 fully saturated rings. The largest absolute Gasteiger partial charge is 0.465 e. The highest BCUT2D eigenvalue weighted by atomic mass is 16.5. The topological polar surface area (TPSA) is 116 Å². The lowest BCUT2D eigenvalue weighted by Crippen LogP contribution is -2.63. The number of primary amides is 1. The van der Waals surface area contributed by atoms with Crippen LogP contribution in [-0.2, 0) is 27.4 Å². The Labute approximate surface area is 200 Å². The maximum atomic E-state index is 11.8. The summed E-state index contributed by atoms with van der Waals surface area (Å²) >= 11 is 0. The molecule has 0 radical (unpaired) electrons. The number of hydrogen-bond donors (Lipinski definition) is 3. The number of amides is 1. The zero-order valence-electron chi connectivity index (χ0n) is 19.7. The van der Waals surface area contributed by atoms with Gasteiger partial charge < -0.3 is 20.7 Å². The van der Waals surface area contributed by atoms with Crippen molar-refractivity contribution < 1.29 is 24.5 Å².